The number of ether oxygens (including phenoxy) is 2. The van der Waals surface area contributed by atoms with Crippen LogP contribution in [0.25, 0.3) is 11.1 Å². The minimum Gasteiger partial charge on any atom is -0.481 e. The van der Waals surface area contributed by atoms with Crippen molar-refractivity contribution in [2.45, 2.75) is 123 Å². The van der Waals surface area contributed by atoms with Crippen molar-refractivity contribution in [1.82, 2.24) is 4.90 Å². The van der Waals surface area contributed by atoms with Gasteiger partial charge in [0, 0.05) is 12.5 Å². The topological polar surface area (TPSA) is 102 Å². The number of carbonyl (C=O) groups is 3. The van der Waals surface area contributed by atoms with Gasteiger partial charge in [0.05, 0.1) is 12.0 Å². The van der Waals surface area contributed by atoms with Crippen molar-refractivity contribution in [2.75, 3.05) is 13.2 Å². The minimum absolute atomic E-state index is 0.0282. The number of hydrogen-bond donors (Lipinski definition) is 1. The zero-order valence-electron chi connectivity index (χ0n) is 30.7. The van der Waals surface area contributed by atoms with Crippen molar-refractivity contribution in [2.24, 2.45) is 17.3 Å². The summed E-state index contributed by atoms with van der Waals surface area (Å²) in [7, 11) is -2.23. The van der Waals surface area contributed by atoms with Gasteiger partial charge in [-0.25, -0.2) is 9.59 Å². The van der Waals surface area contributed by atoms with Crippen LogP contribution in [-0.4, -0.2) is 67.8 Å². The number of carbonyl (C=O) groups excluding carboxylic acids is 2. The van der Waals surface area contributed by atoms with Gasteiger partial charge in [-0.1, -0.05) is 97.0 Å². The van der Waals surface area contributed by atoms with Gasteiger partial charge in [0.2, 0.25) is 0 Å². The number of benzene rings is 2. The molecule has 8 nitrogen and oxygen atoms in total. The number of carboxylic acids is 1. The highest BCUT2D eigenvalue weighted by molar-refractivity contribution is 6.74. The van der Waals surface area contributed by atoms with Gasteiger partial charge >= 0.3 is 18.0 Å². The average molecular weight is 680 g/mol. The molecule has 1 saturated heterocycles. The Morgan fingerprint density at radius 1 is 0.917 bits per heavy atom. The summed E-state index contributed by atoms with van der Waals surface area (Å²) in [5.41, 5.74) is 4.23. The molecule has 264 valence electrons. The SMILES string of the molecule is C[C@@H](C[C@H](O[Si](C)(C)C(C)(C)C)[C@H](C)C(=O)O)C[C@H](OC(=O)[C@@H]1CCCN1C(=O)OCC1c2ccccc2-c2ccccc21)C(C)(C)C. The fraction of sp³-hybridized carbons (Fsp3) is 0.615. The van der Waals surface area contributed by atoms with Crippen molar-refractivity contribution in [3.05, 3.63) is 59.7 Å². The lowest BCUT2D eigenvalue weighted by Gasteiger charge is -2.41. The number of nitrogens with zero attached hydrogens (tertiary/aromatic N) is 1. The number of amides is 1. The highest BCUT2D eigenvalue weighted by Crippen LogP contribution is 2.45. The van der Waals surface area contributed by atoms with Gasteiger partial charge in [0.25, 0.3) is 0 Å². The lowest BCUT2D eigenvalue weighted by Crippen LogP contribution is -2.47. The van der Waals surface area contributed by atoms with E-state index in [-0.39, 0.29) is 28.9 Å². The second-order valence-corrected chi connectivity index (χ2v) is 21.3. The monoisotopic (exact) mass is 679 g/mol. The van der Waals surface area contributed by atoms with Crippen LogP contribution in [0.5, 0.6) is 0 Å². The fourth-order valence-corrected chi connectivity index (χ4v) is 8.04. The molecule has 1 aliphatic carbocycles. The molecule has 48 heavy (non-hydrogen) atoms. The molecule has 0 spiro atoms. The number of carboxylic acid groups (broad SMARTS) is 1. The third-order valence-corrected chi connectivity index (χ3v) is 15.3. The number of hydrogen-bond acceptors (Lipinski definition) is 6. The molecule has 4 rings (SSSR count). The predicted octanol–water partition coefficient (Wildman–Crippen LogP) is 8.89. The van der Waals surface area contributed by atoms with E-state index in [0.717, 1.165) is 22.3 Å². The van der Waals surface area contributed by atoms with Crippen LogP contribution in [0.2, 0.25) is 18.1 Å². The number of likely N-dealkylation sites (tertiary alicyclic amines) is 1. The van der Waals surface area contributed by atoms with E-state index in [0.29, 0.717) is 32.2 Å². The third-order valence-electron chi connectivity index (χ3n) is 10.8. The Labute approximate surface area is 288 Å². The molecule has 9 heteroatoms. The molecule has 1 aliphatic heterocycles. The van der Waals surface area contributed by atoms with Crippen LogP contribution in [0.4, 0.5) is 4.79 Å². The average Bonchev–Trinajstić information content (AvgIpc) is 3.61. The summed E-state index contributed by atoms with van der Waals surface area (Å²) in [6.45, 7) is 21.3. The van der Waals surface area contributed by atoms with Crippen LogP contribution >= 0.6 is 0 Å². The van der Waals surface area contributed by atoms with Gasteiger partial charge in [-0.15, -0.1) is 0 Å². The van der Waals surface area contributed by atoms with E-state index in [9.17, 15) is 19.5 Å². The molecule has 1 fully saturated rings. The van der Waals surface area contributed by atoms with Crippen molar-refractivity contribution < 1.29 is 33.4 Å². The molecule has 1 N–H and O–H groups in total. The molecule has 5 atom stereocenters. The molecule has 0 unspecified atom stereocenters. The summed E-state index contributed by atoms with van der Waals surface area (Å²) in [5, 5.41) is 9.84. The molecule has 1 heterocycles. The van der Waals surface area contributed by atoms with Crippen LogP contribution in [-0.2, 0) is 23.5 Å². The van der Waals surface area contributed by atoms with E-state index >= 15 is 0 Å². The van der Waals surface area contributed by atoms with E-state index < -0.39 is 50.5 Å². The first-order valence-corrected chi connectivity index (χ1v) is 20.5. The normalized spacial score (nSPS) is 19.2. The lowest BCUT2D eigenvalue weighted by molar-refractivity contribution is -0.161. The second-order valence-electron chi connectivity index (χ2n) is 16.6. The smallest absolute Gasteiger partial charge is 0.410 e. The van der Waals surface area contributed by atoms with E-state index in [1.807, 2.05) is 45.0 Å². The zero-order chi connectivity index (χ0) is 35.6. The maximum absolute atomic E-state index is 13.7. The Hall–Kier alpha value is -3.17. The van der Waals surface area contributed by atoms with Crippen molar-refractivity contribution in [1.29, 1.82) is 0 Å². The number of fused-ring (bicyclic) bond motifs is 3. The molecular weight excluding hydrogens is 623 g/mol. The maximum atomic E-state index is 13.7. The molecule has 0 bridgehead atoms. The summed E-state index contributed by atoms with van der Waals surface area (Å²) >= 11 is 0. The zero-order valence-corrected chi connectivity index (χ0v) is 31.7. The van der Waals surface area contributed by atoms with Gasteiger partial charge in [0.15, 0.2) is 8.32 Å². The van der Waals surface area contributed by atoms with Gasteiger partial charge in [0.1, 0.15) is 18.8 Å². The molecule has 1 amide bonds. The first-order chi connectivity index (χ1) is 22.3. The molecule has 0 radical (unpaired) electrons. The number of rotatable bonds is 12. The Morgan fingerprint density at radius 3 is 2.00 bits per heavy atom. The Kier molecular flexibility index (Phi) is 11.6. The highest BCUT2D eigenvalue weighted by Gasteiger charge is 2.43. The summed E-state index contributed by atoms with van der Waals surface area (Å²) in [4.78, 5) is 40.8. The standard InChI is InChI=1S/C39H57NO7Si/c1-25(22-33(26(2)35(41)42)47-48(9,10)39(6,7)8)23-34(38(3,4)5)46-36(43)32-20-15-21-40(32)37(44)45-24-31-29-18-13-11-16-27(29)28-17-12-14-19-30(28)31/h11-14,16-19,25-26,31-34H,15,20-24H2,1-10H3,(H,41,42)/t25-,26-,32-,33-,34-/m0/s1. The molecule has 0 aromatic heterocycles. The number of aliphatic carboxylic acids is 1. The van der Waals surface area contributed by atoms with Crippen LogP contribution < -0.4 is 0 Å². The highest BCUT2D eigenvalue weighted by atomic mass is 28.4. The summed E-state index contributed by atoms with van der Waals surface area (Å²) in [6, 6.07) is 15.7. The third kappa shape index (κ3) is 8.51. The van der Waals surface area contributed by atoms with Crippen LogP contribution in [0.1, 0.15) is 98.1 Å². The summed E-state index contributed by atoms with van der Waals surface area (Å²) < 4.78 is 18.8. The summed E-state index contributed by atoms with van der Waals surface area (Å²) in [5.74, 6) is -1.99. The van der Waals surface area contributed by atoms with Crippen molar-refractivity contribution in [3.8, 4) is 11.1 Å². The van der Waals surface area contributed by atoms with Gasteiger partial charge in [-0.3, -0.25) is 9.69 Å². The molecule has 2 aliphatic rings. The van der Waals surface area contributed by atoms with E-state index in [2.05, 4.69) is 65.1 Å². The first-order valence-electron chi connectivity index (χ1n) is 17.5. The van der Waals surface area contributed by atoms with E-state index in [1.54, 1.807) is 6.92 Å². The van der Waals surface area contributed by atoms with E-state index in [1.165, 1.54) is 4.90 Å². The molecular formula is C39H57NO7Si. The van der Waals surface area contributed by atoms with Gasteiger partial charge < -0.3 is 19.0 Å². The van der Waals surface area contributed by atoms with Crippen LogP contribution in [0.3, 0.4) is 0 Å². The second kappa shape index (κ2) is 14.7. The molecule has 2 aromatic rings. The predicted molar refractivity (Wildman–Crippen MR) is 191 cm³/mol. The Morgan fingerprint density at radius 2 is 1.48 bits per heavy atom. The fourth-order valence-electron chi connectivity index (χ4n) is 6.63. The molecule has 0 saturated carbocycles. The van der Waals surface area contributed by atoms with Gasteiger partial charge in [-0.05, 0) is 84.3 Å². The van der Waals surface area contributed by atoms with Crippen LogP contribution in [0, 0.1) is 17.3 Å². The van der Waals surface area contributed by atoms with Crippen molar-refractivity contribution in [3.63, 3.8) is 0 Å². The van der Waals surface area contributed by atoms with Gasteiger partial charge in [-0.2, -0.15) is 0 Å². The van der Waals surface area contributed by atoms with E-state index in [4.69, 9.17) is 13.9 Å². The quantitative estimate of drug-likeness (QED) is 0.177. The van der Waals surface area contributed by atoms with Crippen LogP contribution in [0.15, 0.2) is 48.5 Å². The largest absolute Gasteiger partial charge is 0.481 e. The Balaban J connectivity index is 1.41. The minimum atomic E-state index is -2.23. The van der Waals surface area contributed by atoms with Crippen molar-refractivity contribution >= 4 is 26.3 Å². The lowest BCUT2D eigenvalue weighted by atomic mass is 9.81. The molecule has 2 aromatic carbocycles. The first kappa shape index (κ1) is 37.6. The summed E-state index contributed by atoms with van der Waals surface area (Å²) in [6.07, 6.45) is 0.932. The maximum Gasteiger partial charge on any atom is 0.410 e. The number of esters is 1. The Bertz CT molecular complexity index is 1410.